The van der Waals surface area contributed by atoms with Crippen molar-refractivity contribution < 1.29 is 9.53 Å². The molecule has 6 nitrogen and oxygen atoms in total. The second kappa shape index (κ2) is 9.43. The quantitative estimate of drug-likeness (QED) is 0.439. The fourth-order valence-electron chi connectivity index (χ4n) is 3.04. The Hall–Kier alpha value is -3.06. The number of nitrogens with one attached hydrogen (secondary N) is 1. The van der Waals surface area contributed by atoms with Gasteiger partial charge in [-0.15, -0.1) is 16.8 Å². The molecular formula is C22H24N4O2S. The molecule has 0 radical (unpaired) electrons. The van der Waals surface area contributed by atoms with Gasteiger partial charge in [-0.1, -0.05) is 36.0 Å². The summed E-state index contributed by atoms with van der Waals surface area (Å²) in [6.45, 7) is 8.38. The van der Waals surface area contributed by atoms with E-state index in [1.165, 1.54) is 11.8 Å². The van der Waals surface area contributed by atoms with Crippen molar-refractivity contribution in [1.29, 1.82) is 0 Å². The summed E-state index contributed by atoms with van der Waals surface area (Å²) >= 11 is 1.35. The molecule has 29 heavy (non-hydrogen) atoms. The van der Waals surface area contributed by atoms with Crippen molar-refractivity contribution in [3.63, 3.8) is 0 Å². The molecule has 0 aliphatic rings. The van der Waals surface area contributed by atoms with Crippen molar-refractivity contribution in [1.82, 2.24) is 14.8 Å². The monoisotopic (exact) mass is 408 g/mol. The molecule has 0 saturated heterocycles. The number of rotatable bonds is 8. The molecule has 2 aromatic carbocycles. The summed E-state index contributed by atoms with van der Waals surface area (Å²) in [4.78, 5) is 12.4. The SMILES string of the molecule is C=CCn1c(SCC(=O)Nc2cc(C)cc(C)c2)nnc1-c1cccc(OC)c1. The normalized spacial score (nSPS) is 10.6. The maximum Gasteiger partial charge on any atom is 0.234 e. The van der Waals surface area contributed by atoms with Crippen molar-refractivity contribution in [3.8, 4) is 17.1 Å². The number of hydrogen-bond acceptors (Lipinski definition) is 5. The smallest absolute Gasteiger partial charge is 0.234 e. The first-order valence-corrected chi connectivity index (χ1v) is 10.2. The van der Waals surface area contributed by atoms with E-state index in [2.05, 4.69) is 28.2 Å². The van der Waals surface area contributed by atoms with Gasteiger partial charge >= 0.3 is 0 Å². The number of anilines is 1. The number of methoxy groups -OCH3 is 1. The van der Waals surface area contributed by atoms with Gasteiger partial charge in [-0.3, -0.25) is 9.36 Å². The van der Waals surface area contributed by atoms with Crippen molar-refractivity contribution in [2.24, 2.45) is 0 Å². The van der Waals surface area contributed by atoms with E-state index >= 15 is 0 Å². The number of thioether (sulfide) groups is 1. The molecule has 0 aliphatic heterocycles. The van der Waals surface area contributed by atoms with E-state index in [1.807, 2.05) is 54.8 Å². The van der Waals surface area contributed by atoms with Crippen molar-refractivity contribution >= 4 is 23.4 Å². The van der Waals surface area contributed by atoms with E-state index in [0.29, 0.717) is 17.5 Å². The minimum Gasteiger partial charge on any atom is -0.497 e. The Balaban J connectivity index is 1.74. The number of aryl methyl sites for hydroxylation is 2. The first-order chi connectivity index (χ1) is 14.0. The third-order valence-corrected chi connectivity index (χ3v) is 5.16. The van der Waals surface area contributed by atoms with Crippen LogP contribution in [0.3, 0.4) is 0 Å². The lowest BCUT2D eigenvalue weighted by Gasteiger charge is -2.09. The van der Waals surface area contributed by atoms with Gasteiger partial charge in [0.25, 0.3) is 0 Å². The average molecular weight is 409 g/mol. The van der Waals surface area contributed by atoms with Crippen LogP contribution in [0, 0.1) is 13.8 Å². The van der Waals surface area contributed by atoms with E-state index < -0.39 is 0 Å². The second-order valence-corrected chi connectivity index (χ2v) is 7.59. The summed E-state index contributed by atoms with van der Waals surface area (Å²) in [5.41, 5.74) is 3.92. The van der Waals surface area contributed by atoms with E-state index in [-0.39, 0.29) is 11.7 Å². The summed E-state index contributed by atoms with van der Waals surface area (Å²) in [5.74, 6) is 1.61. The van der Waals surface area contributed by atoms with Crippen LogP contribution in [0.15, 0.2) is 60.3 Å². The van der Waals surface area contributed by atoms with Crippen LogP contribution in [-0.2, 0) is 11.3 Å². The van der Waals surface area contributed by atoms with Crippen LogP contribution >= 0.6 is 11.8 Å². The summed E-state index contributed by atoms with van der Waals surface area (Å²) < 4.78 is 7.24. The molecule has 0 bridgehead atoms. The largest absolute Gasteiger partial charge is 0.497 e. The minimum absolute atomic E-state index is 0.0870. The minimum atomic E-state index is -0.0870. The van der Waals surface area contributed by atoms with Gasteiger partial charge in [-0.25, -0.2) is 0 Å². The summed E-state index contributed by atoms with van der Waals surface area (Å²) in [6, 6.07) is 13.6. The predicted molar refractivity (Wildman–Crippen MR) is 117 cm³/mol. The van der Waals surface area contributed by atoms with Gasteiger partial charge in [0.15, 0.2) is 11.0 Å². The number of carbonyl (C=O) groups excluding carboxylic acids is 1. The van der Waals surface area contributed by atoms with Crippen LogP contribution in [0.2, 0.25) is 0 Å². The number of hydrogen-bond donors (Lipinski definition) is 1. The van der Waals surface area contributed by atoms with E-state index in [0.717, 1.165) is 28.1 Å². The van der Waals surface area contributed by atoms with E-state index in [1.54, 1.807) is 13.2 Å². The molecule has 0 atom stereocenters. The molecule has 7 heteroatoms. The third-order valence-electron chi connectivity index (χ3n) is 4.19. The molecule has 1 N–H and O–H groups in total. The molecule has 0 saturated carbocycles. The Morgan fingerprint density at radius 1 is 1.21 bits per heavy atom. The zero-order valence-electron chi connectivity index (χ0n) is 16.8. The van der Waals surface area contributed by atoms with Gasteiger partial charge in [0.05, 0.1) is 12.9 Å². The van der Waals surface area contributed by atoms with Crippen molar-refractivity contribution in [3.05, 3.63) is 66.2 Å². The van der Waals surface area contributed by atoms with Crippen LogP contribution < -0.4 is 10.1 Å². The number of amides is 1. The highest BCUT2D eigenvalue weighted by Crippen LogP contribution is 2.26. The Morgan fingerprint density at radius 3 is 2.66 bits per heavy atom. The average Bonchev–Trinajstić information content (AvgIpc) is 3.08. The highest BCUT2D eigenvalue weighted by Gasteiger charge is 2.15. The van der Waals surface area contributed by atoms with Gasteiger partial charge in [0.1, 0.15) is 5.75 Å². The van der Waals surface area contributed by atoms with Gasteiger partial charge in [-0.2, -0.15) is 0 Å². The number of carbonyl (C=O) groups is 1. The molecule has 0 unspecified atom stereocenters. The first-order valence-electron chi connectivity index (χ1n) is 9.19. The number of allylic oxidation sites excluding steroid dienone is 1. The Kier molecular flexibility index (Phi) is 6.72. The van der Waals surface area contributed by atoms with E-state index in [9.17, 15) is 4.79 Å². The third kappa shape index (κ3) is 5.26. The molecule has 1 aromatic heterocycles. The van der Waals surface area contributed by atoms with Gasteiger partial charge in [0.2, 0.25) is 5.91 Å². The van der Waals surface area contributed by atoms with Crippen LogP contribution in [-0.4, -0.2) is 33.5 Å². The fraction of sp³-hybridized carbons (Fsp3) is 0.227. The summed E-state index contributed by atoms with van der Waals surface area (Å²) in [5, 5.41) is 12.2. The molecule has 0 aliphatic carbocycles. The highest BCUT2D eigenvalue weighted by molar-refractivity contribution is 7.99. The fourth-order valence-corrected chi connectivity index (χ4v) is 3.79. The van der Waals surface area contributed by atoms with E-state index in [4.69, 9.17) is 4.74 Å². The number of benzene rings is 2. The summed E-state index contributed by atoms with van der Waals surface area (Å²) in [7, 11) is 1.63. The standard InChI is InChI=1S/C22H24N4O2S/c1-5-9-26-21(17-7-6-8-19(13-17)28-4)24-25-22(26)29-14-20(27)23-18-11-15(2)10-16(3)12-18/h5-8,10-13H,1,9,14H2,2-4H3,(H,23,27). The summed E-state index contributed by atoms with van der Waals surface area (Å²) in [6.07, 6.45) is 1.78. The lowest BCUT2D eigenvalue weighted by atomic mass is 10.1. The molecule has 3 rings (SSSR count). The zero-order chi connectivity index (χ0) is 20.8. The molecule has 3 aromatic rings. The Bertz CT molecular complexity index is 1010. The second-order valence-electron chi connectivity index (χ2n) is 6.65. The van der Waals surface area contributed by atoms with Crippen molar-refractivity contribution in [2.45, 2.75) is 25.5 Å². The van der Waals surface area contributed by atoms with Gasteiger partial charge in [0, 0.05) is 17.8 Å². The predicted octanol–water partition coefficient (Wildman–Crippen LogP) is 4.49. The molecular weight excluding hydrogens is 384 g/mol. The van der Waals surface area contributed by atoms with Crippen molar-refractivity contribution in [2.75, 3.05) is 18.2 Å². The lowest BCUT2D eigenvalue weighted by Crippen LogP contribution is -2.15. The molecule has 0 fully saturated rings. The number of nitrogens with zero attached hydrogens (tertiary/aromatic N) is 3. The number of aromatic nitrogens is 3. The Morgan fingerprint density at radius 2 is 1.97 bits per heavy atom. The highest BCUT2D eigenvalue weighted by atomic mass is 32.2. The van der Waals surface area contributed by atoms with Crippen LogP contribution in [0.1, 0.15) is 11.1 Å². The van der Waals surface area contributed by atoms with Gasteiger partial charge < -0.3 is 10.1 Å². The molecule has 1 heterocycles. The topological polar surface area (TPSA) is 69.0 Å². The molecule has 150 valence electrons. The maximum absolute atomic E-state index is 12.4. The van der Waals surface area contributed by atoms with Gasteiger partial charge in [-0.05, 0) is 49.2 Å². The van der Waals surface area contributed by atoms with Crippen LogP contribution in [0.25, 0.3) is 11.4 Å². The Labute approximate surface area is 175 Å². The van der Waals surface area contributed by atoms with Crippen LogP contribution in [0.5, 0.6) is 5.75 Å². The molecule has 0 spiro atoms. The first kappa shape index (κ1) is 20.7. The molecule has 1 amide bonds. The number of ether oxygens (including phenoxy) is 1. The maximum atomic E-state index is 12.4. The zero-order valence-corrected chi connectivity index (χ0v) is 17.6. The lowest BCUT2D eigenvalue weighted by molar-refractivity contribution is -0.113. The van der Waals surface area contributed by atoms with Crippen LogP contribution in [0.4, 0.5) is 5.69 Å².